The first-order valence-electron chi connectivity index (χ1n) is 8.08. The summed E-state index contributed by atoms with van der Waals surface area (Å²) in [5, 5.41) is 3.79. The molecule has 1 aliphatic rings. The largest absolute Gasteiger partial charge is 0.457 e. The molecule has 0 bridgehead atoms. The number of hydrogen-bond acceptors (Lipinski definition) is 3. The minimum absolute atomic E-state index is 0.160. The number of carbonyl (C=O) groups is 2. The van der Waals surface area contributed by atoms with E-state index in [0.717, 1.165) is 11.0 Å². The normalized spacial score (nSPS) is 14.4. The van der Waals surface area contributed by atoms with E-state index >= 15 is 0 Å². The summed E-state index contributed by atoms with van der Waals surface area (Å²) in [7, 11) is 0. The van der Waals surface area contributed by atoms with Gasteiger partial charge in [0.15, 0.2) is 0 Å². The molecule has 0 spiro atoms. The number of rotatable bonds is 2. The SMILES string of the molecule is O=C1NCCN(C(=O)C=Cc2cc3ccccc3o2)c2ccccc21. The Labute approximate surface area is 144 Å². The van der Waals surface area contributed by atoms with E-state index in [1.807, 2.05) is 36.4 Å². The highest BCUT2D eigenvalue weighted by Crippen LogP contribution is 2.23. The average molecular weight is 332 g/mol. The van der Waals surface area contributed by atoms with Crippen molar-refractivity contribution >= 4 is 34.5 Å². The van der Waals surface area contributed by atoms with Crippen LogP contribution in [-0.4, -0.2) is 24.9 Å². The summed E-state index contributed by atoms with van der Waals surface area (Å²) in [6.45, 7) is 0.837. The van der Waals surface area contributed by atoms with Crippen LogP contribution < -0.4 is 10.2 Å². The molecular weight excluding hydrogens is 316 g/mol. The summed E-state index contributed by atoms with van der Waals surface area (Å²) in [6, 6.07) is 16.7. The first kappa shape index (κ1) is 15.2. The van der Waals surface area contributed by atoms with E-state index < -0.39 is 0 Å². The minimum atomic E-state index is -0.190. The van der Waals surface area contributed by atoms with Crippen LogP contribution in [0.4, 0.5) is 5.69 Å². The molecule has 0 unspecified atom stereocenters. The number of nitrogens with zero attached hydrogens (tertiary/aromatic N) is 1. The number of nitrogens with one attached hydrogen (secondary N) is 1. The summed E-state index contributed by atoms with van der Waals surface area (Å²) in [6.07, 6.45) is 3.13. The summed E-state index contributed by atoms with van der Waals surface area (Å²) >= 11 is 0. The van der Waals surface area contributed by atoms with E-state index in [4.69, 9.17) is 4.42 Å². The highest BCUT2D eigenvalue weighted by atomic mass is 16.3. The first-order valence-corrected chi connectivity index (χ1v) is 8.08. The Hall–Kier alpha value is -3.34. The summed E-state index contributed by atoms with van der Waals surface area (Å²) in [5.74, 6) is 0.267. The molecule has 2 aromatic carbocycles. The highest BCUT2D eigenvalue weighted by Gasteiger charge is 2.23. The third-order valence-electron chi connectivity index (χ3n) is 4.16. The van der Waals surface area contributed by atoms with E-state index in [1.54, 1.807) is 29.2 Å². The number of fused-ring (bicyclic) bond motifs is 2. The maximum absolute atomic E-state index is 12.7. The monoisotopic (exact) mass is 332 g/mol. The fraction of sp³-hybridized carbons (Fsp3) is 0.100. The van der Waals surface area contributed by atoms with Crippen molar-refractivity contribution in [3.63, 3.8) is 0 Å². The Morgan fingerprint density at radius 3 is 2.80 bits per heavy atom. The molecule has 3 aromatic rings. The van der Waals surface area contributed by atoms with Gasteiger partial charge < -0.3 is 14.6 Å². The standard InChI is InChI=1S/C20H16N2O3/c23-19(10-9-15-13-14-5-1-4-8-18(14)25-15)22-12-11-21-20(24)16-6-2-3-7-17(16)22/h1-10,13H,11-12H2,(H,21,24). The molecule has 5 heteroatoms. The Morgan fingerprint density at radius 2 is 1.92 bits per heavy atom. The molecule has 0 aliphatic carbocycles. The Bertz CT molecular complexity index is 954. The molecule has 4 rings (SSSR count). The van der Waals surface area contributed by atoms with Crippen molar-refractivity contribution < 1.29 is 14.0 Å². The number of hydrogen-bond donors (Lipinski definition) is 1. The topological polar surface area (TPSA) is 62.6 Å². The van der Waals surface area contributed by atoms with Gasteiger partial charge in [-0.3, -0.25) is 9.59 Å². The average Bonchev–Trinajstić information content (AvgIpc) is 2.98. The van der Waals surface area contributed by atoms with E-state index in [9.17, 15) is 9.59 Å². The summed E-state index contributed by atoms with van der Waals surface area (Å²) < 4.78 is 5.69. The van der Waals surface area contributed by atoms with Crippen molar-refractivity contribution in [2.75, 3.05) is 18.0 Å². The molecule has 1 N–H and O–H groups in total. The van der Waals surface area contributed by atoms with Crippen molar-refractivity contribution in [2.24, 2.45) is 0 Å². The van der Waals surface area contributed by atoms with Crippen LogP contribution in [0.3, 0.4) is 0 Å². The molecule has 0 radical (unpaired) electrons. The van der Waals surface area contributed by atoms with E-state index in [0.29, 0.717) is 30.1 Å². The molecule has 124 valence electrons. The van der Waals surface area contributed by atoms with Gasteiger partial charge in [-0.2, -0.15) is 0 Å². The third kappa shape index (κ3) is 2.92. The molecule has 2 heterocycles. The Morgan fingerprint density at radius 1 is 1.12 bits per heavy atom. The van der Waals surface area contributed by atoms with Gasteiger partial charge >= 0.3 is 0 Å². The second kappa shape index (κ2) is 6.28. The van der Waals surface area contributed by atoms with E-state index in [1.165, 1.54) is 6.08 Å². The molecule has 0 atom stereocenters. The number of carbonyl (C=O) groups excluding carboxylic acids is 2. The van der Waals surface area contributed by atoms with Crippen LogP contribution in [-0.2, 0) is 4.79 Å². The highest BCUT2D eigenvalue weighted by molar-refractivity contribution is 6.09. The second-order valence-electron chi connectivity index (χ2n) is 5.78. The van der Waals surface area contributed by atoms with Crippen LogP contribution in [0, 0.1) is 0 Å². The van der Waals surface area contributed by atoms with Crippen molar-refractivity contribution in [1.29, 1.82) is 0 Å². The molecule has 25 heavy (non-hydrogen) atoms. The van der Waals surface area contributed by atoms with Gasteiger partial charge in [-0.15, -0.1) is 0 Å². The molecule has 1 aliphatic heterocycles. The Balaban J connectivity index is 1.62. The van der Waals surface area contributed by atoms with Gasteiger partial charge in [-0.25, -0.2) is 0 Å². The smallest absolute Gasteiger partial charge is 0.253 e. The Kier molecular flexibility index (Phi) is 3.82. The predicted octanol–water partition coefficient (Wildman–Crippen LogP) is 3.22. The van der Waals surface area contributed by atoms with Gasteiger partial charge in [-0.05, 0) is 30.3 Å². The molecular formula is C20H16N2O3. The molecule has 5 nitrogen and oxygen atoms in total. The maximum atomic E-state index is 12.7. The summed E-state index contributed by atoms with van der Waals surface area (Å²) in [4.78, 5) is 26.3. The molecule has 0 saturated carbocycles. The maximum Gasteiger partial charge on any atom is 0.253 e. The second-order valence-corrected chi connectivity index (χ2v) is 5.78. The zero-order chi connectivity index (χ0) is 17.2. The lowest BCUT2D eigenvalue weighted by Crippen LogP contribution is -2.33. The minimum Gasteiger partial charge on any atom is -0.457 e. The zero-order valence-corrected chi connectivity index (χ0v) is 13.4. The van der Waals surface area contributed by atoms with Crippen LogP contribution in [0.1, 0.15) is 16.1 Å². The van der Waals surface area contributed by atoms with Gasteiger partial charge in [-0.1, -0.05) is 30.3 Å². The molecule has 0 saturated heterocycles. The molecule has 1 aromatic heterocycles. The van der Waals surface area contributed by atoms with E-state index in [2.05, 4.69) is 5.32 Å². The van der Waals surface area contributed by atoms with Gasteiger partial charge in [0.25, 0.3) is 11.8 Å². The number of para-hydroxylation sites is 2. The van der Waals surface area contributed by atoms with Crippen molar-refractivity contribution in [3.05, 3.63) is 72.0 Å². The fourth-order valence-corrected chi connectivity index (χ4v) is 2.95. The fourth-order valence-electron chi connectivity index (χ4n) is 2.95. The van der Waals surface area contributed by atoms with Crippen LogP contribution >= 0.6 is 0 Å². The number of anilines is 1. The molecule has 0 fully saturated rings. The predicted molar refractivity (Wildman–Crippen MR) is 96.4 cm³/mol. The lowest BCUT2D eigenvalue weighted by Gasteiger charge is -2.20. The van der Waals surface area contributed by atoms with Crippen molar-refractivity contribution in [2.45, 2.75) is 0 Å². The van der Waals surface area contributed by atoms with Gasteiger partial charge in [0.05, 0.1) is 11.3 Å². The van der Waals surface area contributed by atoms with Crippen LogP contribution in [0.15, 0.2) is 65.1 Å². The lowest BCUT2D eigenvalue weighted by molar-refractivity contribution is -0.114. The number of furan rings is 1. The van der Waals surface area contributed by atoms with Crippen LogP contribution in [0.25, 0.3) is 17.0 Å². The quantitative estimate of drug-likeness (QED) is 0.733. The first-order chi connectivity index (χ1) is 12.2. The van der Waals surface area contributed by atoms with Crippen LogP contribution in [0.2, 0.25) is 0 Å². The summed E-state index contributed by atoms with van der Waals surface area (Å²) in [5.41, 5.74) is 1.91. The number of benzene rings is 2. The zero-order valence-electron chi connectivity index (χ0n) is 13.4. The van der Waals surface area contributed by atoms with E-state index in [-0.39, 0.29) is 11.8 Å². The molecule has 2 amide bonds. The van der Waals surface area contributed by atoms with Gasteiger partial charge in [0.2, 0.25) is 0 Å². The third-order valence-corrected chi connectivity index (χ3v) is 4.16. The lowest BCUT2D eigenvalue weighted by atomic mass is 10.1. The number of amides is 2. The van der Waals surface area contributed by atoms with Crippen LogP contribution in [0.5, 0.6) is 0 Å². The van der Waals surface area contributed by atoms with Crippen molar-refractivity contribution in [1.82, 2.24) is 5.32 Å². The van der Waals surface area contributed by atoms with Crippen molar-refractivity contribution in [3.8, 4) is 0 Å². The van der Waals surface area contributed by atoms with Gasteiger partial charge in [0, 0.05) is 24.6 Å². The van der Waals surface area contributed by atoms with Gasteiger partial charge in [0.1, 0.15) is 11.3 Å².